The molecule has 1 N–H and O–H groups in total. The van der Waals surface area contributed by atoms with Crippen molar-refractivity contribution in [2.75, 3.05) is 6.61 Å². The fourth-order valence-corrected chi connectivity index (χ4v) is 2.63. The van der Waals surface area contributed by atoms with E-state index in [1.165, 1.54) is 11.3 Å². The second-order valence-electron chi connectivity index (χ2n) is 3.34. The Morgan fingerprint density at radius 1 is 1.53 bits per heavy atom. The molecule has 2 rings (SSSR count). The number of aromatic nitrogens is 1. The number of halogens is 1. The number of allylic oxidation sites excluding steroid dienone is 1. The summed E-state index contributed by atoms with van der Waals surface area (Å²) < 4.78 is 8.58. The van der Waals surface area contributed by atoms with E-state index in [-0.39, 0.29) is 17.0 Å². The summed E-state index contributed by atoms with van der Waals surface area (Å²) in [6, 6.07) is 5.92. The van der Waals surface area contributed by atoms with Crippen molar-refractivity contribution in [2.24, 2.45) is 0 Å². The lowest BCUT2D eigenvalue weighted by Gasteiger charge is -2.07. The molecule has 1 aromatic carbocycles. The number of hydrogen-bond acceptors (Lipinski definition) is 3. The van der Waals surface area contributed by atoms with Gasteiger partial charge in [0.2, 0.25) is 0 Å². The van der Waals surface area contributed by atoms with Crippen molar-refractivity contribution in [3.05, 3.63) is 35.7 Å². The Morgan fingerprint density at radius 2 is 2.29 bits per heavy atom. The standard InChI is InChI=1S/C12H14N2OS.BrH/c1-3-8-14-11-9(15-4-2)6-5-7-10(11)16-12(14)13;/h3,5-7,13H,1,4,8H2,2H3;1H. The first-order valence-electron chi connectivity index (χ1n) is 5.18. The summed E-state index contributed by atoms with van der Waals surface area (Å²) in [6.45, 7) is 6.96. The number of nitrogens with one attached hydrogen (secondary N) is 1. The van der Waals surface area contributed by atoms with E-state index in [0.29, 0.717) is 18.0 Å². The average molecular weight is 315 g/mol. The van der Waals surface area contributed by atoms with Crippen LogP contribution in [-0.4, -0.2) is 11.2 Å². The quantitative estimate of drug-likeness (QED) is 0.863. The molecule has 0 unspecified atom stereocenters. The predicted molar refractivity (Wildman–Crippen MR) is 77.4 cm³/mol. The predicted octanol–water partition coefficient (Wildman–Crippen LogP) is 3.34. The maximum atomic E-state index is 7.91. The van der Waals surface area contributed by atoms with Crippen molar-refractivity contribution in [2.45, 2.75) is 13.5 Å². The van der Waals surface area contributed by atoms with Gasteiger partial charge in [0.15, 0.2) is 4.80 Å². The summed E-state index contributed by atoms with van der Waals surface area (Å²) in [7, 11) is 0. The first kappa shape index (κ1) is 14.0. The van der Waals surface area contributed by atoms with E-state index in [1.54, 1.807) is 6.08 Å². The molecule has 0 bridgehead atoms. The molecule has 17 heavy (non-hydrogen) atoms. The van der Waals surface area contributed by atoms with Gasteiger partial charge in [-0.3, -0.25) is 5.41 Å². The Morgan fingerprint density at radius 3 is 2.94 bits per heavy atom. The molecule has 0 amide bonds. The highest BCUT2D eigenvalue weighted by Gasteiger charge is 2.09. The second-order valence-corrected chi connectivity index (χ2v) is 4.37. The van der Waals surface area contributed by atoms with Crippen LogP contribution in [0.3, 0.4) is 0 Å². The van der Waals surface area contributed by atoms with Crippen LogP contribution < -0.4 is 9.54 Å². The Kier molecular flexibility index (Phi) is 4.96. The van der Waals surface area contributed by atoms with Crippen LogP contribution in [0.25, 0.3) is 10.2 Å². The molecular weight excluding hydrogens is 300 g/mol. The van der Waals surface area contributed by atoms with Gasteiger partial charge in [0, 0.05) is 6.54 Å². The van der Waals surface area contributed by atoms with Crippen LogP contribution in [0.5, 0.6) is 5.75 Å². The van der Waals surface area contributed by atoms with Crippen LogP contribution in [0, 0.1) is 5.41 Å². The molecular formula is C12H15BrN2OS. The smallest absolute Gasteiger partial charge is 0.183 e. The molecule has 0 saturated heterocycles. The van der Waals surface area contributed by atoms with Gasteiger partial charge < -0.3 is 9.30 Å². The lowest BCUT2D eigenvalue weighted by Crippen LogP contribution is -2.12. The van der Waals surface area contributed by atoms with Crippen LogP contribution in [0.2, 0.25) is 0 Å². The minimum Gasteiger partial charge on any atom is -0.492 e. The molecule has 0 spiro atoms. The van der Waals surface area contributed by atoms with E-state index in [1.807, 2.05) is 29.7 Å². The molecule has 2 aromatic rings. The summed E-state index contributed by atoms with van der Waals surface area (Å²) >= 11 is 1.46. The van der Waals surface area contributed by atoms with Crippen molar-refractivity contribution < 1.29 is 4.74 Å². The highest BCUT2D eigenvalue weighted by molar-refractivity contribution is 8.93. The van der Waals surface area contributed by atoms with Gasteiger partial charge >= 0.3 is 0 Å². The molecule has 3 nitrogen and oxygen atoms in total. The number of fused-ring (bicyclic) bond motifs is 1. The normalized spacial score (nSPS) is 9.94. The van der Waals surface area contributed by atoms with Gasteiger partial charge in [-0.2, -0.15) is 0 Å². The molecule has 1 aromatic heterocycles. The molecule has 0 fully saturated rings. The summed E-state index contributed by atoms with van der Waals surface area (Å²) in [5.41, 5.74) is 0.999. The van der Waals surface area contributed by atoms with E-state index < -0.39 is 0 Å². The molecule has 0 saturated carbocycles. The van der Waals surface area contributed by atoms with Crippen LogP contribution >= 0.6 is 28.3 Å². The van der Waals surface area contributed by atoms with E-state index >= 15 is 0 Å². The number of rotatable bonds is 4. The van der Waals surface area contributed by atoms with Crippen LogP contribution in [0.15, 0.2) is 30.9 Å². The van der Waals surface area contributed by atoms with Gasteiger partial charge in [-0.1, -0.05) is 23.5 Å². The van der Waals surface area contributed by atoms with E-state index in [2.05, 4.69) is 6.58 Å². The summed E-state index contributed by atoms with van der Waals surface area (Å²) in [5.74, 6) is 0.844. The first-order chi connectivity index (χ1) is 7.77. The van der Waals surface area contributed by atoms with Crippen molar-refractivity contribution in [3.63, 3.8) is 0 Å². The molecule has 0 atom stereocenters. The highest BCUT2D eigenvalue weighted by Crippen LogP contribution is 2.27. The zero-order chi connectivity index (χ0) is 11.5. The van der Waals surface area contributed by atoms with Gasteiger partial charge in [-0.05, 0) is 19.1 Å². The third-order valence-corrected chi connectivity index (χ3v) is 3.26. The zero-order valence-corrected chi connectivity index (χ0v) is 12.1. The Labute approximate surface area is 115 Å². The maximum absolute atomic E-state index is 7.91. The minimum absolute atomic E-state index is 0. The van der Waals surface area contributed by atoms with E-state index in [0.717, 1.165) is 16.0 Å². The topological polar surface area (TPSA) is 38.0 Å². The molecule has 0 aliphatic carbocycles. The van der Waals surface area contributed by atoms with E-state index in [4.69, 9.17) is 10.1 Å². The number of thiazole rings is 1. The third kappa shape index (κ3) is 2.61. The number of para-hydroxylation sites is 1. The van der Waals surface area contributed by atoms with Crippen LogP contribution in [-0.2, 0) is 6.54 Å². The first-order valence-corrected chi connectivity index (χ1v) is 6.00. The van der Waals surface area contributed by atoms with Crippen LogP contribution in [0.1, 0.15) is 6.92 Å². The lowest BCUT2D eigenvalue weighted by atomic mass is 10.3. The fourth-order valence-electron chi connectivity index (χ4n) is 1.69. The Balaban J connectivity index is 0.00000144. The summed E-state index contributed by atoms with van der Waals surface area (Å²) in [5, 5.41) is 7.91. The third-order valence-electron chi connectivity index (χ3n) is 2.30. The van der Waals surface area contributed by atoms with Gasteiger partial charge in [-0.25, -0.2) is 0 Å². The average Bonchev–Trinajstić information content (AvgIpc) is 2.58. The number of benzene rings is 1. The maximum Gasteiger partial charge on any atom is 0.183 e. The number of nitrogens with zero attached hydrogens (tertiary/aromatic N) is 1. The zero-order valence-electron chi connectivity index (χ0n) is 9.60. The summed E-state index contributed by atoms with van der Waals surface area (Å²) in [4.78, 5) is 0.530. The molecule has 0 aliphatic heterocycles. The van der Waals surface area contributed by atoms with Crippen molar-refractivity contribution in [1.29, 1.82) is 5.41 Å². The minimum atomic E-state index is 0. The lowest BCUT2D eigenvalue weighted by molar-refractivity contribution is 0.342. The highest BCUT2D eigenvalue weighted by atomic mass is 79.9. The Hall–Kier alpha value is -1.07. The van der Waals surface area contributed by atoms with Crippen molar-refractivity contribution >= 4 is 38.5 Å². The molecule has 5 heteroatoms. The van der Waals surface area contributed by atoms with Gasteiger partial charge in [0.1, 0.15) is 11.3 Å². The van der Waals surface area contributed by atoms with Crippen molar-refractivity contribution in [3.8, 4) is 5.75 Å². The monoisotopic (exact) mass is 314 g/mol. The van der Waals surface area contributed by atoms with Gasteiger partial charge in [0.05, 0.1) is 11.3 Å². The molecule has 0 radical (unpaired) electrons. The number of hydrogen-bond donors (Lipinski definition) is 1. The van der Waals surface area contributed by atoms with E-state index in [9.17, 15) is 0 Å². The SMILES string of the molecule is Br.C=CCn1c(=N)sc2cccc(OCC)c21. The fraction of sp³-hybridized carbons (Fsp3) is 0.250. The Bertz CT molecular complexity index is 573. The molecule has 92 valence electrons. The van der Waals surface area contributed by atoms with Gasteiger partial charge in [0.25, 0.3) is 0 Å². The molecule has 0 aliphatic rings. The van der Waals surface area contributed by atoms with Crippen molar-refractivity contribution in [1.82, 2.24) is 4.57 Å². The number of ether oxygens (including phenoxy) is 1. The van der Waals surface area contributed by atoms with Crippen LogP contribution in [0.4, 0.5) is 0 Å². The largest absolute Gasteiger partial charge is 0.492 e. The molecule has 1 heterocycles. The van der Waals surface area contributed by atoms with Gasteiger partial charge in [-0.15, -0.1) is 23.6 Å². The second kappa shape index (κ2) is 6.02. The summed E-state index contributed by atoms with van der Waals surface area (Å²) in [6.07, 6.45) is 1.80.